The summed E-state index contributed by atoms with van der Waals surface area (Å²) in [4.78, 5) is 0. The number of rotatable bonds is 7. The van der Waals surface area contributed by atoms with Crippen LogP contribution in [-0.4, -0.2) is 6.04 Å². The molecule has 96 valence electrons. The molecule has 0 aliphatic rings. The van der Waals surface area contributed by atoms with Gasteiger partial charge in [0.15, 0.2) is 0 Å². The average molecular weight is 233 g/mol. The third-order valence-corrected chi connectivity index (χ3v) is 3.74. The zero-order valence-electron chi connectivity index (χ0n) is 11.7. The Balaban J connectivity index is 2.67. The molecule has 3 atom stereocenters. The lowest BCUT2D eigenvalue weighted by molar-refractivity contribution is 0.340. The molecule has 0 fully saturated rings. The van der Waals surface area contributed by atoms with E-state index < -0.39 is 0 Å². The highest BCUT2D eigenvalue weighted by molar-refractivity contribution is 5.18. The molecule has 0 aromatic heterocycles. The molecule has 1 aromatic rings. The van der Waals surface area contributed by atoms with Crippen molar-refractivity contribution in [2.45, 2.75) is 59.0 Å². The lowest BCUT2D eigenvalue weighted by atomic mass is 9.96. The van der Waals surface area contributed by atoms with Gasteiger partial charge in [-0.3, -0.25) is 0 Å². The Labute approximate surface area is 107 Å². The van der Waals surface area contributed by atoms with Gasteiger partial charge in [-0.1, -0.05) is 63.9 Å². The molecule has 0 bridgehead atoms. The van der Waals surface area contributed by atoms with Gasteiger partial charge in [0.2, 0.25) is 0 Å². The molecule has 0 aliphatic heterocycles. The zero-order valence-corrected chi connectivity index (χ0v) is 11.7. The minimum absolute atomic E-state index is 0.505. The first-order valence-electron chi connectivity index (χ1n) is 7.00. The Morgan fingerprint density at radius 1 is 1.06 bits per heavy atom. The van der Waals surface area contributed by atoms with Crippen LogP contribution in [0.15, 0.2) is 30.3 Å². The maximum absolute atomic E-state index is 3.78. The third kappa shape index (κ3) is 4.51. The topological polar surface area (TPSA) is 12.0 Å². The maximum atomic E-state index is 3.78. The van der Waals surface area contributed by atoms with Gasteiger partial charge < -0.3 is 5.32 Å². The van der Waals surface area contributed by atoms with Gasteiger partial charge in [-0.05, 0) is 24.8 Å². The van der Waals surface area contributed by atoms with Crippen molar-refractivity contribution in [3.05, 3.63) is 35.9 Å². The molecule has 0 amide bonds. The summed E-state index contributed by atoms with van der Waals surface area (Å²) in [6.45, 7) is 9.15. The van der Waals surface area contributed by atoms with Crippen molar-refractivity contribution in [2.75, 3.05) is 0 Å². The van der Waals surface area contributed by atoms with Crippen molar-refractivity contribution in [3.8, 4) is 0 Å². The first-order valence-corrected chi connectivity index (χ1v) is 7.00. The molecule has 1 rings (SSSR count). The molecule has 0 heterocycles. The summed E-state index contributed by atoms with van der Waals surface area (Å²) in [5.74, 6) is 0.734. The summed E-state index contributed by atoms with van der Waals surface area (Å²) in [6, 6.07) is 11.9. The van der Waals surface area contributed by atoms with E-state index in [0.29, 0.717) is 12.1 Å². The molecule has 1 aromatic carbocycles. The first-order chi connectivity index (χ1) is 8.19. The second kappa shape index (κ2) is 7.50. The van der Waals surface area contributed by atoms with Gasteiger partial charge in [0.25, 0.3) is 0 Å². The molecule has 3 unspecified atom stereocenters. The van der Waals surface area contributed by atoms with Crippen LogP contribution in [0, 0.1) is 5.92 Å². The molecule has 0 aliphatic carbocycles. The molecule has 0 saturated carbocycles. The fourth-order valence-corrected chi connectivity index (χ4v) is 2.16. The van der Waals surface area contributed by atoms with Gasteiger partial charge in [0, 0.05) is 12.1 Å². The highest BCUT2D eigenvalue weighted by atomic mass is 14.9. The highest BCUT2D eigenvalue weighted by Gasteiger charge is 2.16. The lowest BCUT2D eigenvalue weighted by Gasteiger charge is -2.27. The molecule has 0 spiro atoms. The van der Waals surface area contributed by atoms with E-state index in [-0.39, 0.29) is 0 Å². The van der Waals surface area contributed by atoms with Crippen LogP contribution in [0.3, 0.4) is 0 Å². The van der Waals surface area contributed by atoms with Crippen LogP contribution in [0.25, 0.3) is 0 Å². The van der Waals surface area contributed by atoms with Crippen molar-refractivity contribution in [2.24, 2.45) is 5.92 Å². The number of nitrogens with one attached hydrogen (secondary N) is 1. The smallest absolute Gasteiger partial charge is 0.0322 e. The molecule has 1 N–H and O–H groups in total. The van der Waals surface area contributed by atoms with E-state index in [1.807, 2.05) is 0 Å². The van der Waals surface area contributed by atoms with Crippen molar-refractivity contribution >= 4 is 0 Å². The second-order valence-electron chi connectivity index (χ2n) is 5.09. The van der Waals surface area contributed by atoms with Crippen LogP contribution < -0.4 is 5.32 Å². The predicted molar refractivity (Wildman–Crippen MR) is 76.1 cm³/mol. The van der Waals surface area contributed by atoms with E-state index >= 15 is 0 Å². The van der Waals surface area contributed by atoms with Crippen molar-refractivity contribution in [1.29, 1.82) is 0 Å². The quantitative estimate of drug-likeness (QED) is 0.728. The summed E-state index contributed by atoms with van der Waals surface area (Å²) >= 11 is 0. The minimum Gasteiger partial charge on any atom is -0.307 e. The van der Waals surface area contributed by atoms with E-state index in [0.717, 1.165) is 5.92 Å². The predicted octanol–water partition coefficient (Wildman–Crippen LogP) is 4.55. The van der Waals surface area contributed by atoms with Crippen LogP contribution >= 0.6 is 0 Å². The van der Waals surface area contributed by atoms with E-state index in [4.69, 9.17) is 0 Å². The van der Waals surface area contributed by atoms with Gasteiger partial charge in [-0.25, -0.2) is 0 Å². The van der Waals surface area contributed by atoms with Crippen molar-refractivity contribution in [1.82, 2.24) is 5.32 Å². The van der Waals surface area contributed by atoms with Gasteiger partial charge >= 0.3 is 0 Å². The van der Waals surface area contributed by atoms with E-state index in [2.05, 4.69) is 63.3 Å². The molecule has 0 radical (unpaired) electrons. The van der Waals surface area contributed by atoms with E-state index in [9.17, 15) is 0 Å². The summed E-state index contributed by atoms with van der Waals surface area (Å²) in [6.07, 6.45) is 3.67. The fraction of sp³-hybridized carbons (Fsp3) is 0.625. The first kappa shape index (κ1) is 14.2. The Morgan fingerprint density at radius 2 is 1.71 bits per heavy atom. The van der Waals surface area contributed by atoms with Crippen LogP contribution in [0.4, 0.5) is 0 Å². The number of hydrogen-bond donors (Lipinski definition) is 1. The molecular weight excluding hydrogens is 206 g/mol. The summed E-state index contributed by atoms with van der Waals surface area (Å²) in [7, 11) is 0. The molecule has 1 heteroatoms. The molecule has 0 saturated heterocycles. The Kier molecular flexibility index (Phi) is 6.28. The monoisotopic (exact) mass is 233 g/mol. The summed E-state index contributed by atoms with van der Waals surface area (Å²) in [5.41, 5.74) is 1.42. The van der Waals surface area contributed by atoms with Gasteiger partial charge in [0.05, 0.1) is 0 Å². The molecule has 1 nitrogen and oxygen atoms in total. The number of hydrogen-bond acceptors (Lipinski definition) is 1. The zero-order chi connectivity index (χ0) is 12.7. The fourth-order valence-electron chi connectivity index (χ4n) is 2.16. The van der Waals surface area contributed by atoms with Gasteiger partial charge in [-0.15, -0.1) is 0 Å². The second-order valence-corrected chi connectivity index (χ2v) is 5.09. The Hall–Kier alpha value is -0.820. The molecule has 17 heavy (non-hydrogen) atoms. The van der Waals surface area contributed by atoms with Crippen LogP contribution in [0.2, 0.25) is 0 Å². The third-order valence-electron chi connectivity index (χ3n) is 3.74. The van der Waals surface area contributed by atoms with Crippen LogP contribution in [-0.2, 0) is 0 Å². The lowest BCUT2D eigenvalue weighted by Crippen LogP contribution is -2.35. The van der Waals surface area contributed by atoms with Gasteiger partial charge in [0.1, 0.15) is 0 Å². The van der Waals surface area contributed by atoms with Crippen LogP contribution in [0.1, 0.15) is 58.6 Å². The summed E-state index contributed by atoms with van der Waals surface area (Å²) in [5, 5.41) is 3.78. The van der Waals surface area contributed by atoms with E-state index in [1.165, 1.54) is 24.8 Å². The maximum Gasteiger partial charge on any atom is 0.0322 e. The summed E-state index contributed by atoms with van der Waals surface area (Å²) < 4.78 is 0. The van der Waals surface area contributed by atoms with Gasteiger partial charge in [-0.2, -0.15) is 0 Å². The van der Waals surface area contributed by atoms with Crippen molar-refractivity contribution in [3.63, 3.8) is 0 Å². The van der Waals surface area contributed by atoms with E-state index in [1.54, 1.807) is 0 Å². The molecular formula is C16H27N. The standard InChI is InChI=1S/C16H27N/c1-5-10-16(15-11-8-7-9-12-15)17-14(4)13(3)6-2/h7-9,11-14,16-17H,5-6,10H2,1-4H3. The van der Waals surface area contributed by atoms with Crippen LogP contribution in [0.5, 0.6) is 0 Å². The highest BCUT2D eigenvalue weighted by Crippen LogP contribution is 2.20. The largest absolute Gasteiger partial charge is 0.307 e. The normalized spacial score (nSPS) is 16.5. The Bertz CT molecular complexity index is 294. The minimum atomic E-state index is 0.505. The van der Waals surface area contributed by atoms with Crippen molar-refractivity contribution < 1.29 is 0 Å². The average Bonchev–Trinajstić information content (AvgIpc) is 2.38. The SMILES string of the molecule is CCCC(NC(C)C(C)CC)c1ccccc1. The number of benzene rings is 1. The Morgan fingerprint density at radius 3 is 2.24 bits per heavy atom.